The van der Waals surface area contributed by atoms with E-state index in [-0.39, 0.29) is 11.2 Å². The van der Waals surface area contributed by atoms with Crippen LogP contribution in [0.3, 0.4) is 0 Å². The van der Waals surface area contributed by atoms with Gasteiger partial charge in [0.05, 0.1) is 11.2 Å². The lowest BCUT2D eigenvalue weighted by Gasteiger charge is -2.33. The Morgan fingerprint density at radius 2 is 2.05 bits per heavy atom. The monoisotopic (exact) mass is 295 g/mol. The number of nitrogens with one attached hydrogen (secondary N) is 1. The van der Waals surface area contributed by atoms with Gasteiger partial charge >= 0.3 is 0 Å². The fourth-order valence-electron chi connectivity index (χ4n) is 3.59. The summed E-state index contributed by atoms with van der Waals surface area (Å²) >= 11 is 6.09. The van der Waals surface area contributed by atoms with Gasteiger partial charge in [-0.1, -0.05) is 23.7 Å². The van der Waals surface area contributed by atoms with Crippen LogP contribution in [0.1, 0.15) is 39.7 Å². The number of rotatable bonds is 4. The van der Waals surface area contributed by atoms with Crippen molar-refractivity contribution >= 4 is 11.6 Å². The Bertz CT molecular complexity index is 470. The molecule has 0 aromatic heterocycles. The summed E-state index contributed by atoms with van der Waals surface area (Å²) in [5, 5.41) is 4.29. The summed E-state index contributed by atoms with van der Waals surface area (Å²) < 4.78 is 6.23. The van der Waals surface area contributed by atoms with Crippen molar-refractivity contribution in [2.24, 2.45) is 5.92 Å². The summed E-state index contributed by atoms with van der Waals surface area (Å²) in [6.07, 6.45) is 2.05. The van der Waals surface area contributed by atoms with Gasteiger partial charge in [0.15, 0.2) is 0 Å². The fourth-order valence-corrected chi connectivity index (χ4v) is 3.81. The van der Waals surface area contributed by atoms with Gasteiger partial charge in [-0.3, -0.25) is 0 Å². The molecular weight excluding hydrogens is 270 g/mol. The standard InChI is InChI=1S/C17H26ClNO/c1-16(2)11-14(17(3,4)20-16)15(19-5)10-12-7-6-8-13(18)9-12/h6-9,14-15,19H,10-11H2,1-5H3. The van der Waals surface area contributed by atoms with Gasteiger partial charge in [-0.25, -0.2) is 0 Å². The first kappa shape index (κ1) is 15.8. The molecule has 1 aliphatic heterocycles. The summed E-state index contributed by atoms with van der Waals surface area (Å²) in [5.41, 5.74) is 1.13. The molecule has 2 nitrogen and oxygen atoms in total. The fraction of sp³-hybridized carbons (Fsp3) is 0.647. The maximum Gasteiger partial charge on any atom is 0.0677 e. The zero-order chi connectivity index (χ0) is 15.0. The summed E-state index contributed by atoms with van der Waals surface area (Å²) in [4.78, 5) is 0. The van der Waals surface area contributed by atoms with Gasteiger partial charge < -0.3 is 10.1 Å². The van der Waals surface area contributed by atoms with Crippen molar-refractivity contribution in [2.75, 3.05) is 7.05 Å². The normalized spacial score (nSPS) is 25.6. The Kier molecular flexibility index (Phi) is 4.48. The molecule has 0 bridgehead atoms. The van der Waals surface area contributed by atoms with Gasteiger partial charge in [0.1, 0.15) is 0 Å². The molecule has 0 aliphatic carbocycles. The van der Waals surface area contributed by atoms with Gasteiger partial charge in [0, 0.05) is 17.0 Å². The van der Waals surface area contributed by atoms with E-state index in [9.17, 15) is 0 Å². The average Bonchev–Trinajstić information content (AvgIpc) is 2.54. The van der Waals surface area contributed by atoms with Crippen molar-refractivity contribution < 1.29 is 4.74 Å². The molecule has 2 atom stereocenters. The molecule has 112 valence electrons. The van der Waals surface area contributed by atoms with E-state index in [0.29, 0.717) is 12.0 Å². The van der Waals surface area contributed by atoms with Crippen molar-refractivity contribution in [3.8, 4) is 0 Å². The molecular formula is C17H26ClNO. The minimum absolute atomic E-state index is 0.0440. The van der Waals surface area contributed by atoms with Crippen molar-refractivity contribution in [1.29, 1.82) is 0 Å². The van der Waals surface area contributed by atoms with Gasteiger partial charge in [0.25, 0.3) is 0 Å². The highest BCUT2D eigenvalue weighted by atomic mass is 35.5. The van der Waals surface area contributed by atoms with Crippen LogP contribution in [0.2, 0.25) is 5.02 Å². The van der Waals surface area contributed by atoms with Crippen LogP contribution in [-0.4, -0.2) is 24.3 Å². The van der Waals surface area contributed by atoms with E-state index in [1.807, 2.05) is 19.2 Å². The molecule has 0 spiro atoms. The second-order valence-electron chi connectivity index (χ2n) is 7.01. The Labute approximate surface area is 127 Å². The summed E-state index contributed by atoms with van der Waals surface area (Å²) in [5.74, 6) is 0.487. The molecule has 0 amide bonds. The number of hydrogen-bond donors (Lipinski definition) is 1. The van der Waals surface area contributed by atoms with Crippen molar-refractivity contribution in [3.63, 3.8) is 0 Å². The molecule has 0 saturated carbocycles. The highest BCUT2D eigenvalue weighted by molar-refractivity contribution is 6.30. The van der Waals surface area contributed by atoms with Crippen molar-refractivity contribution in [3.05, 3.63) is 34.9 Å². The maximum absolute atomic E-state index is 6.23. The molecule has 1 aromatic carbocycles. The predicted molar refractivity (Wildman–Crippen MR) is 85.4 cm³/mol. The van der Waals surface area contributed by atoms with Crippen molar-refractivity contribution in [2.45, 2.75) is 57.8 Å². The zero-order valence-electron chi connectivity index (χ0n) is 13.2. The lowest BCUT2D eigenvalue weighted by Crippen LogP contribution is -2.44. The van der Waals surface area contributed by atoms with Crippen LogP contribution in [0.25, 0.3) is 0 Å². The van der Waals surface area contributed by atoms with Crippen LogP contribution in [0.4, 0.5) is 0 Å². The highest BCUT2D eigenvalue weighted by Gasteiger charge is 2.48. The molecule has 1 fully saturated rings. The summed E-state index contributed by atoms with van der Waals surface area (Å²) in [6.45, 7) is 8.77. The highest BCUT2D eigenvalue weighted by Crippen LogP contribution is 2.44. The van der Waals surface area contributed by atoms with E-state index in [4.69, 9.17) is 16.3 Å². The third kappa shape index (κ3) is 3.55. The lowest BCUT2D eigenvalue weighted by molar-refractivity contribution is -0.0774. The zero-order valence-corrected chi connectivity index (χ0v) is 13.9. The maximum atomic E-state index is 6.23. The van der Waals surface area contributed by atoms with Crippen LogP contribution in [0.5, 0.6) is 0 Å². The average molecular weight is 296 g/mol. The van der Waals surface area contributed by atoms with E-state index in [1.165, 1.54) is 5.56 Å². The number of likely N-dealkylation sites (N-methyl/N-ethyl adjacent to an activating group) is 1. The van der Waals surface area contributed by atoms with E-state index < -0.39 is 0 Å². The first-order valence-corrected chi connectivity index (χ1v) is 7.73. The van der Waals surface area contributed by atoms with E-state index in [0.717, 1.165) is 17.9 Å². The number of halogens is 1. The van der Waals surface area contributed by atoms with Crippen molar-refractivity contribution in [1.82, 2.24) is 5.32 Å². The van der Waals surface area contributed by atoms with E-state index in [1.54, 1.807) is 0 Å². The Balaban J connectivity index is 2.16. The van der Waals surface area contributed by atoms with Gasteiger partial charge in [-0.05, 0) is 65.3 Å². The third-order valence-corrected chi connectivity index (χ3v) is 4.58. The quantitative estimate of drug-likeness (QED) is 0.904. The van der Waals surface area contributed by atoms with Crippen LogP contribution in [0.15, 0.2) is 24.3 Å². The SMILES string of the molecule is CNC(Cc1cccc(Cl)c1)C1CC(C)(C)OC1(C)C. The predicted octanol–water partition coefficient (Wildman–Crippen LogP) is 4.06. The van der Waals surface area contributed by atoms with Crippen LogP contribution < -0.4 is 5.32 Å². The van der Waals surface area contributed by atoms with Crippen LogP contribution >= 0.6 is 11.6 Å². The van der Waals surface area contributed by atoms with Gasteiger partial charge in [0.2, 0.25) is 0 Å². The number of benzene rings is 1. The third-order valence-electron chi connectivity index (χ3n) is 4.34. The first-order valence-electron chi connectivity index (χ1n) is 7.35. The minimum Gasteiger partial charge on any atom is -0.369 e. The number of ether oxygens (including phenoxy) is 1. The second kappa shape index (κ2) is 5.67. The lowest BCUT2D eigenvalue weighted by atomic mass is 9.79. The van der Waals surface area contributed by atoms with E-state index in [2.05, 4.69) is 45.1 Å². The topological polar surface area (TPSA) is 21.3 Å². The smallest absolute Gasteiger partial charge is 0.0677 e. The molecule has 1 heterocycles. The van der Waals surface area contributed by atoms with Crippen LogP contribution in [0, 0.1) is 5.92 Å². The molecule has 2 rings (SSSR count). The second-order valence-corrected chi connectivity index (χ2v) is 7.44. The molecule has 2 unspecified atom stereocenters. The molecule has 20 heavy (non-hydrogen) atoms. The molecule has 1 N–H and O–H groups in total. The first-order chi connectivity index (χ1) is 9.23. The molecule has 1 saturated heterocycles. The molecule has 1 aromatic rings. The Morgan fingerprint density at radius 1 is 1.35 bits per heavy atom. The molecule has 1 aliphatic rings. The van der Waals surface area contributed by atoms with E-state index >= 15 is 0 Å². The largest absolute Gasteiger partial charge is 0.369 e. The number of hydrogen-bond acceptors (Lipinski definition) is 2. The van der Waals surface area contributed by atoms with Gasteiger partial charge in [-0.15, -0.1) is 0 Å². The molecule has 3 heteroatoms. The summed E-state index contributed by atoms with van der Waals surface area (Å²) in [7, 11) is 2.04. The van der Waals surface area contributed by atoms with Crippen LogP contribution in [-0.2, 0) is 11.2 Å². The van der Waals surface area contributed by atoms with Gasteiger partial charge in [-0.2, -0.15) is 0 Å². The molecule has 0 radical (unpaired) electrons. The minimum atomic E-state index is -0.101. The Morgan fingerprint density at radius 3 is 2.55 bits per heavy atom. The Hall–Kier alpha value is -0.570. The summed E-state index contributed by atoms with van der Waals surface area (Å²) in [6, 6.07) is 8.53.